The molecular weight excluding hydrogens is 875 g/mol. The van der Waals surface area contributed by atoms with Gasteiger partial charge in [-0.25, -0.2) is 9.59 Å². The number of nitrogens with one attached hydrogen (secondary N) is 1. The molecule has 68 heavy (non-hydrogen) atoms. The fraction of sp³-hybridized carbons (Fsp3) is 0.304. The van der Waals surface area contributed by atoms with Crippen LogP contribution in [-0.2, 0) is 33.6 Å². The largest absolute Gasteiger partial charge is 0.500 e. The lowest BCUT2D eigenvalue weighted by Crippen LogP contribution is -2.46. The molecule has 0 spiro atoms. The first kappa shape index (κ1) is 50.8. The molecule has 1 unspecified atom stereocenters. The Morgan fingerprint density at radius 1 is 0.544 bits per heavy atom. The molecule has 12 heteroatoms. The van der Waals surface area contributed by atoms with Crippen molar-refractivity contribution in [3.63, 3.8) is 0 Å². The number of benzene rings is 6. The van der Waals surface area contributed by atoms with E-state index < -0.39 is 37.7 Å². The highest BCUT2D eigenvalue weighted by Gasteiger charge is 2.40. The predicted molar refractivity (Wildman–Crippen MR) is 266 cm³/mol. The van der Waals surface area contributed by atoms with Gasteiger partial charge in [-0.05, 0) is 122 Å². The van der Waals surface area contributed by atoms with Gasteiger partial charge in [0.05, 0.1) is 24.7 Å². The van der Waals surface area contributed by atoms with Gasteiger partial charge in [-0.3, -0.25) is 4.79 Å². The molecule has 0 radical (unpaired) electrons. The monoisotopic (exact) mass is 937 g/mol. The maximum Gasteiger partial charge on any atom is 0.500 e. The number of amides is 1. The Morgan fingerprint density at radius 2 is 0.985 bits per heavy atom. The summed E-state index contributed by atoms with van der Waals surface area (Å²) in [7, 11) is -1.15. The third-order valence-electron chi connectivity index (χ3n) is 12.0. The van der Waals surface area contributed by atoms with E-state index in [9.17, 15) is 14.4 Å². The van der Waals surface area contributed by atoms with E-state index in [0.29, 0.717) is 68.7 Å². The van der Waals surface area contributed by atoms with Crippen LogP contribution < -0.4 is 19.5 Å². The van der Waals surface area contributed by atoms with E-state index in [1.807, 2.05) is 118 Å². The minimum Gasteiger partial charge on any atom is -0.497 e. The number of rotatable bonds is 24. The van der Waals surface area contributed by atoms with E-state index in [1.165, 1.54) is 6.92 Å². The first-order valence-corrected chi connectivity index (χ1v) is 25.2. The van der Waals surface area contributed by atoms with Crippen molar-refractivity contribution >= 4 is 26.8 Å². The Labute approximate surface area is 402 Å². The van der Waals surface area contributed by atoms with E-state index in [1.54, 1.807) is 31.4 Å². The summed E-state index contributed by atoms with van der Waals surface area (Å²) >= 11 is 0. The number of carbonyl (C=O) groups excluding carboxylic acids is 3. The van der Waals surface area contributed by atoms with Crippen molar-refractivity contribution in [3.8, 4) is 17.2 Å². The van der Waals surface area contributed by atoms with Crippen LogP contribution in [0.15, 0.2) is 158 Å². The molecule has 1 N–H and O–H groups in total. The van der Waals surface area contributed by atoms with Crippen LogP contribution in [0.4, 0.5) is 4.79 Å². The highest BCUT2D eigenvalue weighted by molar-refractivity contribution is 6.60. The third kappa shape index (κ3) is 12.5. The van der Waals surface area contributed by atoms with Gasteiger partial charge in [-0.1, -0.05) is 116 Å². The summed E-state index contributed by atoms with van der Waals surface area (Å²) in [6.45, 7) is 11.3. The highest BCUT2D eigenvalue weighted by atomic mass is 28.4. The average molecular weight is 938 g/mol. The highest BCUT2D eigenvalue weighted by Crippen LogP contribution is 2.46. The maximum absolute atomic E-state index is 13.8. The zero-order valence-electron chi connectivity index (χ0n) is 40.0. The molecule has 0 bridgehead atoms. The molecule has 1 amide bonds. The molecule has 11 nitrogen and oxygen atoms in total. The Balaban J connectivity index is 1.16. The van der Waals surface area contributed by atoms with Crippen molar-refractivity contribution in [2.75, 3.05) is 40.1 Å². The predicted octanol–water partition coefficient (Wildman–Crippen LogP) is 11.5. The van der Waals surface area contributed by atoms with Gasteiger partial charge in [0, 0.05) is 44.7 Å². The molecule has 356 valence electrons. The number of hydrogen-bond donors (Lipinski definition) is 1. The van der Waals surface area contributed by atoms with Crippen LogP contribution in [0, 0.1) is 0 Å². The summed E-state index contributed by atoms with van der Waals surface area (Å²) in [5.74, 6) is 0.695. The van der Waals surface area contributed by atoms with Gasteiger partial charge in [-0.2, -0.15) is 0 Å². The fourth-order valence-electron chi connectivity index (χ4n) is 8.78. The lowest BCUT2D eigenvalue weighted by atomic mass is 9.65. The molecule has 0 fully saturated rings. The summed E-state index contributed by atoms with van der Waals surface area (Å²) < 4.78 is 40.2. The van der Waals surface area contributed by atoms with Crippen molar-refractivity contribution in [2.24, 2.45) is 0 Å². The van der Waals surface area contributed by atoms with E-state index in [4.69, 9.17) is 32.2 Å². The van der Waals surface area contributed by atoms with E-state index >= 15 is 0 Å². The minimum absolute atomic E-state index is 0.189. The first-order chi connectivity index (χ1) is 33.0. The van der Waals surface area contributed by atoms with Gasteiger partial charge in [0.1, 0.15) is 17.2 Å². The molecule has 6 aromatic rings. The standard InChI is InChI=1S/C56H63NO10Si/c1-7-63-68(64-8-2,65-9-3)41-17-39-57-54(60)62-40-16-38-55(5,44-26-34-51(35-27-44)66-42(4)58)45-28-36-52(37-29-45)67-53(59)43-22-24-48(25-23-43)56(46-18-12-10-13-19-46,47-20-14-11-15-21-47)49-30-32-50(61-6)33-31-49/h10-15,18-37H,7-9,16-17,38-41H2,1-6H3,(H,57,60). The topological polar surface area (TPSA) is 128 Å². The molecule has 0 aliphatic carbocycles. The number of esters is 2. The minimum atomic E-state index is -2.81. The van der Waals surface area contributed by atoms with Crippen molar-refractivity contribution in [2.45, 2.75) is 70.8 Å². The van der Waals surface area contributed by atoms with Gasteiger partial charge in [-0.15, -0.1) is 0 Å². The van der Waals surface area contributed by atoms with Crippen molar-refractivity contribution in [3.05, 3.63) is 197 Å². The van der Waals surface area contributed by atoms with E-state index in [2.05, 4.69) is 48.6 Å². The van der Waals surface area contributed by atoms with Gasteiger partial charge in [0.2, 0.25) is 0 Å². The van der Waals surface area contributed by atoms with Crippen molar-refractivity contribution < 1.29 is 46.6 Å². The number of carbonyl (C=O) groups is 3. The number of methoxy groups -OCH3 is 1. The molecule has 6 aromatic carbocycles. The molecule has 6 rings (SSSR count). The number of hydrogen-bond acceptors (Lipinski definition) is 10. The van der Waals surface area contributed by atoms with E-state index in [0.717, 1.165) is 39.1 Å². The fourth-order valence-corrected chi connectivity index (χ4v) is 11.4. The maximum atomic E-state index is 13.8. The summed E-state index contributed by atoms with van der Waals surface area (Å²) in [4.78, 5) is 38.1. The Kier molecular flexibility index (Phi) is 18.3. The lowest BCUT2D eigenvalue weighted by molar-refractivity contribution is -0.131. The van der Waals surface area contributed by atoms with Crippen LogP contribution in [0.2, 0.25) is 6.04 Å². The average Bonchev–Trinajstić information content (AvgIpc) is 3.36. The first-order valence-electron chi connectivity index (χ1n) is 23.3. The zero-order chi connectivity index (χ0) is 48.4. The van der Waals surface area contributed by atoms with Crippen LogP contribution in [0.25, 0.3) is 0 Å². The van der Waals surface area contributed by atoms with Gasteiger partial charge in [0.15, 0.2) is 0 Å². The number of ether oxygens (including phenoxy) is 4. The molecule has 0 saturated heterocycles. The SMILES string of the molecule is CCO[Si](CCCNC(=O)OCCCC(C)(c1ccc(OC(C)=O)cc1)c1ccc(OC(=O)c2ccc(C(c3ccccc3)(c3ccccc3)c3ccc(OC)cc3)cc2)cc1)(OCC)OCC. The van der Waals surface area contributed by atoms with Crippen LogP contribution in [0.1, 0.15) is 97.6 Å². The number of alkyl carbamates (subject to hydrolysis) is 1. The molecule has 0 aliphatic heterocycles. The summed E-state index contributed by atoms with van der Waals surface area (Å²) in [6.07, 6.45) is 1.27. The Bertz CT molecular complexity index is 2440. The van der Waals surface area contributed by atoms with Crippen LogP contribution in [0.3, 0.4) is 0 Å². The second-order valence-corrected chi connectivity index (χ2v) is 19.1. The summed E-state index contributed by atoms with van der Waals surface area (Å²) in [5.41, 5.74) is 5.23. The molecule has 0 aromatic heterocycles. The second kappa shape index (κ2) is 24.4. The molecule has 0 aliphatic rings. The molecule has 0 heterocycles. The van der Waals surface area contributed by atoms with Crippen molar-refractivity contribution in [1.29, 1.82) is 0 Å². The summed E-state index contributed by atoms with van der Waals surface area (Å²) in [6, 6.07) is 51.9. The van der Waals surface area contributed by atoms with E-state index in [-0.39, 0.29) is 6.61 Å². The molecular formula is C56H63NO10Si. The Morgan fingerprint density at radius 3 is 1.46 bits per heavy atom. The second-order valence-electron chi connectivity index (χ2n) is 16.4. The van der Waals surface area contributed by atoms with Crippen LogP contribution in [-0.4, -0.2) is 66.9 Å². The molecule has 1 atom stereocenters. The van der Waals surface area contributed by atoms with Crippen LogP contribution in [0.5, 0.6) is 17.2 Å². The zero-order valence-corrected chi connectivity index (χ0v) is 41.0. The Hall–Kier alpha value is -6.57. The molecule has 0 saturated carbocycles. The lowest BCUT2D eigenvalue weighted by Gasteiger charge is -2.37. The smallest absolute Gasteiger partial charge is 0.497 e. The quantitative estimate of drug-likeness (QED) is 0.0206. The third-order valence-corrected chi connectivity index (χ3v) is 15.2. The van der Waals surface area contributed by atoms with Gasteiger partial charge >= 0.3 is 26.8 Å². The van der Waals surface area contributed by atoms with Gasteiger partial charge < -0.3 is 37.5 Å². The van der Waals surface area contributed by atoms with Gasteiger partial charge in [0.25, 0.3) is 0 Å². The van der Waals surface area contributed by atoms with Crippen molar-refractivity contribution in [1.82, 2.24) is 5.32 Å². The van der Waals surface area contributed by atoms with Crippen LogP contribution >= 0.6 is 0 Å². The normalized spacial score (nSPS) is 12.4. The summed E-state index contributed by atoms with van der Waals surface area (Å²) in [5, 5.41) is 2.84.